The van der Waals surface area contributed by atoms with E-state index in [2.05, 4.69) is 48.5 Å². The molecular formula is C15H32BrNO. The molecule has 2 nitrogen and oxygen atoms in total. The van der Waals surface area contributed by atoms with E-state index in [-0.39, 0.29) is 0 Å². The fourth-order valence-electron chi connectivity index (χ4n) is 2.68. The molecule has 0 aromatic carbocycles. The molecule has 0 saturated heterocycles. The Hall–Kier alpha value is 0.400. The number of halogens is 1. The van der Waals surface area contributed by atoms with E-state index in [0.29, 0.717) is 5.41 Å². The van der Waals surface area contributed by atoms with Gasteiger partial charge in [0.05, 0.1) is 6.61 Å². The fourth-order valence-corrected chi connectivity index (χ4v) is 3.42. The zero-order chi connectivity index (χ0) is 13.9. The second kappa shape index (κ2) is 11.2. The highest BCUT2D eigenvalue weighted by molar-refractivity contribution is 9.09. The molecule has 3 heteroatoms. The molecule has 110 valence electrons. The summed E-state index contributed by atoms with van der Waals surface area (Å²) in [4.78, 5) is 2.54. The molecule has 0 aliphatic rings. The third kappa shape index (κ3) is 7.10. The first-order chi connectivity index (χ1) is 8.67. The number of rotatable bonds is 12. The summed E-state index contributed by atoms with van der Waals surface area (Å²) in [5, 5.41) is 1.12. The summed E-state index contributed by atoms with van der Waals surface area (Å²) in [6, 6.07) is 0. The van der Waals surface area contributed by atoms with Crippen LogP contribution in [0.5, 0.6) is 0 Å². The fraction of sp³-hybridized carbons (Fsp3) is 1.00. The maximum absolute atomic E-state index is 5.48. The smallest absolute Gasteiger partial charge is 0.0593 e. The molecule has 0 saturated carbocycles. The molecule has 0 aliphatic carbocycles. The third-order valence-corrected chi connectivity index (χ3v) is 4.80. The van der Waals surface area contributed by atoms with Crippen molar-refractivity contribution in [2.24, 2.45) is 5.41 Å². The molecule has 0 amide bonds. The Labute approximate surface area is 123 Å². The van der Waals surface area contributed by atoms with Gasteiger partial charge in [-0.2, -0.15) is 0 Å². The van der Waals surface area contributed by atoms with Gasteiger partial charge in [-0.1, -0.05) is 49.5 Å². The molecular weight excluding hydrogens is 290 g/mol. The largest absolute Gasteiger partial charge is 0.380 e. The van der Waals surface area contributed by atoms with Crippen molar-refractivity contribution in [2.45, 2.75) is 53.4 Å². The standard InChI is InChI=1S/C15H32BrNO/c1-5-9-15(13-16,10-6-2)14-17(7-3)11-12-18-8-4/h5-14H2,1-4H3. The molecule has 0 aromatic rings. The van der Waals surface area contributed by atoms with Gasteiger partial charge in [-0.3, -0.25) is 0 Å². The van der Waals surface area contributed by atoms with Crippen molar-refractivity contribution in [3.8, 4) is 0 Å². The second-order valence-corrected chi connectivity index (χ2v) is 5.76. The molecule has 0 bridgehead atoms. The van der Waals surface area contributed by atoms with Gasteiger partial charge in [0.2, 0.25) is 0 Å². The lowest BCUT2D eigenvalue weighted by molar-refractivity contribution is 0.0890. The number of hydrogen-bond acceptors (Lipinski definition) is 2. The van der Waals surface area contributed by atoms with E-state index in [1.54, 1.807) is 0 Å². The second-order valence-electron chi connectivity index (χ2n) is 5.20. The molecule has 0 N–H and O–H groups in total. The summed E-state index contributed by atoms with van der Waals surface area (Å²) in [6.45, 7) is 14.0. The van der Waals surface area contributed by atoms with E-state index in [1.165, 1.54) is 32.2 Å². The van der Waals surface area contributed by atoms with Crippen molar-refractivity contribution in [2.75, 3.05) is 38.2 Å². The topological polar surface area (TPSA) is 12.5 Å². The zero-order valence-electron chi connectivity index (χ0n) is 12.8. The van der Waals surface area contributed by atoms with Gasteiger partial charge in [0.25, 0.3) is 0 Å². The van der Waals surface area contributed by atoms with Crippen LogP contribution in [0.2, 0.25) is 0 Å². The van der Waals surface area contributed by atoms with E-state index in [9.17, 15) is 0 Å². The van der Waals surface area contributed by atoms with E-state index in [4.69, 9.17) is 4.74 Å². The molecule has 0 aromatic heterocycles. The summed E-state index contributed by atoms with van der Waals surface area (Å²) in [6.07, 6.45) is 5.18. The third-order valence-electron chi connectivity index (χ3n) is 3.61. The highest BCUT2D eigenvalue weighted by Crippen LogP contribution is 2.33. The zero-order valence-corrected chi connectivity index (χ0v) is 14.4. The summed E-state index contributed by atoms with van der Waals surface area (Å²) in [5.74, 6) is 0. The molecule has 0 heterocycles. The summed E-state index contributed by atoms with van der Waals surface area (Å²) in [7, 11) is 0. The lowest BCUT2D eigenvalue weighted by Gasteiger charge is -2.37. The van der Waals surface area contributed by atoms with Gasteiger partial charge in [-0.05, 0) is 31.7 Å². The van der Waals surface area contributed by atoms with E-state index in [0.717, 1.165) is 31.6 Å². The van der Waals surface area contributed by atoms with Crippen LogP contribution in [0.15, 0.2) is 0 Å². The highest BCUT2D eigenvalue weighted by Gasteiger charge is 2.29. The predicted octanol–water partition coefficient (Wildman–Crippen LogP) is 4.33. The lowest BCUT2D eigenvalue weighted by atomic mass is 9.80. The van der Waals surface area contributed by atoms with Gasteiger partial charge >= 0.3 is 0 Å². The first-order valence-electron chi connectivity index (χ1n) is 7.54. The van der Waals surface area contributed by atoms with Gasteiger partial charge in [0.15, 0.2) is 0 Å². The van der Waals surface area contributed by atoms with Crippen LogP contribution in [0, 0.1) is 5.41 Å². The van der Waals surface area contributed by atoms with Gasteiger partial charge in [0, 0.05) is 25.0 Å². The highest BCUT2D eigenvalue weighted by atomic mass is 79.9. The number of nitrogens with zero attached hydrogens (tertiary/aromatic N) is 1. The Balaban J connectivity index is 4.39. The number of likely N-dealkylation sites (N-methyl/N-ethyl adjacent to an activating group) is 1. The minimum atomic E-state index is 0.450. The Morgan fingerprint density at radius 3 is 2.06 bits per heavy atom. The van der Waals surface area contributed by atoms with Crippen molar-refractivity contribution >= 4 is 15.9 Å². The monoisotopic (exact) mass is 321 g/mol. The molecule has 0 unspecified atom stereocenters. The van der Waals surface area contributed by atoms with Crippen molar-refractivity contribution in [3.05, 3.63) is 0 Å². The minimum absolute atomic E-state index is 0.450. The average Bonchev–Trinajstić information content (AvgIpc) is 2.38. The number of hydrogen-bond donors (Lipinski definition) is 0. The van der Waals surface area contributed by atoms with Crippen LogP contribution in [-0.4, -0.2) is 43.1 Å². The normalized spacial score (nSPS) is 12.3. The van der Waals surface area contributed by atoms with Crippen molar-refractivity contribution in [3.63, 3.8) is 0 Å². The maximum atomic E-state index is 5.48. The van der Waals surface area contributed by atoms with Crippen LogP contribution in [0.1, 0.15) is 53.4 Å². The van der Waals surface area contributed by atoms with Crippen molar-refractivity contribution in [1.82, 2.24) is 4.90 Å². The first kappa shape index (κ1) is 18.4. The molecule has 0 spiro atoms. The average molecular weight is 322 g/mol. The Kier molecular flexibility index (Phi) is 11.5. The minimum Gasteiger partial charge on any atom is -0.380 e. The maximum Gasteiger partial charge on any atom is 0.0593 e. The van der Waals surface area contributed by atoms with Crippen LogP contribution in [0.4, 0.5) is 0 Å². The van der Waals surface area contributed by atoms with Crippen LogP contribution in [0.25, 0.3) is 0 Å². The van der Waals surface area contributed by atoms with Crippen LogP contribution in [0.3, 0.4) is 0 Å². The SMILES string of the molecule is CCCC(CBr)(CCC)CN(CC)CCOCC. The van der Waals surface area contributed by atoms with Crippen molar-refractivity contribution < 1.29 is 4.74 Å². The molecule has 18 heavy (non-hydrogen) atoms. The van der Waals surface area contributed by atoms with Gasteiger partial charge in [0.1, 0.15) is 0 Å². The van der Waals surface area contributed by atoms with E-state index >= 15 is 0 Å². The van der Waals surface area contributed by atoms with Gasteiger partial charge in [-0.25, -0.2) is 0 Å². The summed E-state index contributed by atoms with van der Waals surface area (Å²) < 4.78 is 5.48. The molecule has 0 radical (unpaired) electrons. The van der Waals surface area contributed by atoms with Crippen LogP contribution < -0.4 is 0 Å². The van der Waals surface area contributed by atoms with Gasteiger partial charge < -0.3 is 9.64 Å². The van der Waals surface area contributed by atoms with Crippen LogP contribution in [-0.2, 0) is 4.74 Å². The number of ether oxygens (including phenoxy) is 1. The van der Waals surface area contributed by atoms with Crippen molar-refractivity contribution in [1.29, 1.82) is 0 Å². The van der Waals surface area contributed by atoms with E-state index in [1.807, 2.05) is 0 Å². The molecule has 0 rings (SSSR count). The lowest BCUT2D eigenvalue weighted by Crippen LogP contribution is -2.40. The predicted molar refractivity (Wildman–Crippen MR) is 84.7 cm³/mol. The molecule has 0 fully saturated rings. The summed E-state index contributed by atoms with van der Waals surface area (Å²) in [5.41, 5.74) is 0.450. The first-order valence-corrected chi connectivity index (χ1v) is 8.66. The Morgan fingerprint density at radius 1 is 1.06 bits per heavy atom. The van der Waals surface area contributed by atoms with E-state index < -0.39 is 0 Å². The molecule has 0 aliphatic heterocycles. The quantitative estimate of drug-likeness (QED) is 0.392. The Bertz CT molecular complexity index is 181. The molecule has 0 atom stereocenters. The Morgan fingerprint density at radius 2 is 1.67 bits per heavy atom. The van der Waals surface area contributed by atoms with Gasteiger partial charge in [-0.15, -0.1) is 0 Å². The number of alkyl halides is 1. The van der Waals surface area contributed by atoms with Crippen LogP contribution >= 0.6 is 15.9 Å². The summed E-state index contributed by atoms with van der Waals surface area (Å²) >= 11 is 3.76.